The van der Waals surface area contributed by atoms with E-state index >= 15 is 0 Å². The van der Waals surface area contributed by atoms with Crippen LogP contribution >= 0.6 is 0 Å². The number of pyridine rings is 1. The minimum atomic E-state index is 0.239. The first-order chi connectivity index (χ1) is 6.33. The van der Waals surface area contributed by atoms with Gasteiger partial charge in [0.1, 0.15) is 0 Å². The Balaban J connectivity index is 3.28. The largest absolute Gasteiger partial charge is 0.494 e. The Bertz CT molecular complexity index is 323. The van der Waals surface area contributed by atoms with E-state index in [1.165, 1.54) is 26.5 Å². The van der Waals surface area contributed by atoms with E-state index in [1.807, 2.05) is 0 Å². The van der Waals surface area contributed by atoms with Crippen molar-refractivity contribution < 1.29 is 14.3 Å². The van der Waals surface area contributed by atoms with Gasteiger partial charge in [-0.2, -0.15) is 4.99 Å². The number of aromatic nitrogens is 1. The molecule has 5 heteroatoms. The number of isocyanates is 1. The molecule has 0 unspecified atom stereocenters. The standard InChI is InChI=1S/C8H8N2O3/c1-12-6-3-4-9-8(13-2)7(6)10-5-11/h3-4H,1-2H3. The molecule has 0 amide bonds. The molecule has 0 aliphatic heterocycles. The third kappa shape index (κ3) is 1.83. The van der Waals surface area contributed by atoms with Crippen LogP contribution in [0.4, 0.5) is 5.69 Å². The highest BCUT2D eigenvalue weighted by Gasteiger charge is 2.09. The molecule has 0 aliphatic carbocycles. The summed E-state index contributed by atoms with van der Waals surface area (Å²) in [7, 11) is 2.91. The monoisotopic (exact) mass is 180 g/mol. The molecule has 1 aromatic heterocycles. The van der Waals surface area contributed by atoms with Crippen molar-refractivity contribution in [2.24, 2.45) is 4.99 Å². The second-order valence-corrected chi connectivity index (χ2v) is 2.07. The van der Waals surface area contributed by atoms with Crippen LogP contribution in [0, 0.1) is 0 Å². The van der Waals surface area contributed by atoms with Crippen molar-refractivity contribution >= 4 is 11.8 Å². The molecule has 0 radical (unpaired) electrons. The second-order valence-electron chi connectivity index (χ2n) is 2.07. The van der Waals surface area contributed by atoms with Crippen LogP contribution in [0.2, 0.25) is 0 Å². The molecule has 0 bridgehead atoms. The predicted octanol–water partition coefficient (Wildman–Crippen LogP) is 1.07. The summed E-state index contributed by atoms with van der Waals surface area (Å²) in [5, 5.41) is 0. The summed E-state index contributed by atoms with van der Waals surface area (Å²) < 4.78 is 9.82. The molecule has 0 saturated carbocycles. The number of ether oxygens (including phenoxy) is 2. The van der Waals surface area contributed by atoms with Crippen molar-refractivity contribution in [2.45, 2.75) is 0 Å². The van der Waals surface area contributed by atoms with Gasteiger partial charge in [-0.25, -0.2) is 9.78 Å². The van der Waals surface area contributed by atoms with E-state index in [0.29, 0.717) is 5.75 Å². The fraction of sp³-hybridized carbons (Fsp3) is 0.250. The van der Waals surface area contributed by atoms with E-state index in [4.69, 9.17) is 9.47 Å². The Kier molecular flexibility index (Phi) is 3.00. The van der Waals surface area contributed by atoms with E-state index in [-0.39, 0.29) is 11.6 Å². The quantitative estimate of drug-likeness (QED) is 0.515. The molecule has 0 spiro atoms. The Morgan fingerprint density at radius 1 is 1.46 bits per heavy atom. The van der Waals surface area contributed by atoms with Gasteiger partial charge in [-0.3, -0.25) is 0 Å². The average Bonchev–Trinajstić information content (AvgIpc) is 2.18. The van der Waals surface area contributed by atoms with Gasteiger partial charge < -0.3 is 9.47 Å². The zero-order valence-electron chi connectivity index (χ0n) is 7.27. The lowest BCUT2D eigenvalue weighted by Gasteiger charge is -2.05. The average molecular weight is 180 g/mol. The zero-order chi connectivity index (χ0) is 9.68. The summed E-state index contributed by atoms with van der Waals surface area (Å²) in [5.74, 6) is 0.665. The molecular weight excluding hydrogens is 172 g/mol. The summed E-state index contributed by atoms with van der Waals surface area (Å²) in [6, 6.07) is 1.58. The molecule has 0 aromatic carbocycles. The van der Waals surface area contributed by atoms with E-state index < -0.39 is 0 Å². The van der Waals surface area contributed by atoms with Gasteiger partial charge in [-0.05, 0) is 0 Å². The van der Waals surface area contributed by atoms with Crippen LogP contribution < -0.4 is 9.47 Å². The Morgan fingerprint density at radius 3 is 2.77 bits per heavy atom. The molecule has 1 heterocycles. The molecule has 0 aliphatic rings. The molecule has 13 heavy (non-hydrogen) atoms. The van der Waals surface area contributed by atoms with E-state index in [1.54, 1.807) is 6.07 Å². The highest BCUT2D eigenvalue weighted by Crippen LogP contribution is 2.34. The number of rotatable bonds is 3. The lowest BCUT2D eigenvalue weighted by Crippen LogP contribution is -1.90. The fourth-order valence-electron chi connectivity index (χ4n) is 0.881. The van der Waals surface area contributed by atoms with E-state index in [2.05, 4.69) is 9.98 Å². The van der Waals surface area contributed by atoms with Gasteiger partial charge in [0.15, 0.2) is 11.4 Å². The maximum absolute atomic E-state index is 10.1. The third-order valence-electron chi connectivity index (χ3n) is 1.42. The number of methoxy groups -OCH3 is 2. The minimum absolute atomic E-state index is 0.239. The minimum Gasteiger partial charge on any atom is -0.494 e. The molecule has 0 atom stereocenters. The topological polar surface area (TPSA) is 60.8 Å². The van der Waals surface area contributed by atoms with Crippen LogP contribution in [0.3, 0.4) is 0 Å². The van der Waals surface area contributed by atoms with Gasteiger partial charge in [0, 0.05) is 12.3 Å². The van der Waals surface area contributed by atoms with Crippen molar-refractivity contribution in [3.8, 4) is 11.6 Å². The van der Waals surface area contributed by atoms with Gasteiger partial charge in [0.05, 0.1) is 14.2 Å². The first-order valence-electron chi connectivity index (χ1n) is 3.48. The third-order valence-corrected chi connectivity index (χ3v) is 1.42. The first kappa shape index (κ1) is 9.22. The smallest absolute Gasteiger partial charge is 0.244 e. The lowest BCUT2D eigenvalue weighted by atomic mass is 10.4. The fourth-order valence-corrected chi connectivity index (χ4v) is 0.881. The summed E-state index contributed by atoms with van der Waals surface area (Å²) in [6.45, 7) is 0. The van der Waals surface area contributed by atoms with Crippen LogP contribution in [0.5, 0.6) is 11.6 Å². The summed E-state index contributed by atoms with van der Waals surface area (Å²) in [6.07, 6.45) is 2.91. The van der Waals surface area contributed by atoms with Crippen molar-refractivity contribution in [2.75, 3.05) is 14.2 Å². The Labute approximate surface area is 75.0 Å². The molecule has 0 saturated heterocycles. The normalized spacial score (nSPS) is 8.77. The predicted molar refractivity (Wildman–Crippen MR) is 45.1 cm³/mol. The SMILES string of the molecule is COc1ccnc(OC)c1N=C=O. The number of nitrogens with zero attached hydrogens (tertiary/aromatic N) is 2. The molecule has 68 valence electrons. The maximum Gasteiger partial charge on any atom is 0.244 e. The van der Waals surface area contributed by atoms with Crippen molar-refractivity contribution in [1.82, 2.24) is 4.98 Å². The number of aliphatic imine (C=N–C) groups is 1. The van der Waals surface area contributed by atoms with Crippen molar-refractivity contribution in [3.05, 3.63) is 12.3 Å². The summed E-state index contributed by atoms with van der Waals surface area (Å²) in [4.78, 5) is 17.4. The van der Waals surface area contributed by atoms with Gasteiger partial charge in [-0.1, -0.05) is 0 Å². The molecule has 0 fully saturated rings. The van der Waals surface area contributed by atoms with Crippen LogP contribution in [0.1, 0.15) is 0 Å². The van der Waals surface area contributed by atoms with Gasteiger partial charge >= 0.3 is 0 Å². The van der Waals surface area contributed by atoms with E-state index in [0.717, 1.165) is 0 Å². The molecule has 1 aromatic rings. The second kappa shape index (κ2) is 4.23. The van der Waals surface area contributed by atoms with Crippen molar-refractivity contribution in [3.63, 3.8) is 0 Å². The molecule has 5 nitrogen and oxygen atoms in total. The Hall–Kier alpha value is -1.87. The Morgan fingerprint density at radius 2 is 2.23 bits per heavy atom. The summed E-state index contributed by atoms with van der Waals surface area (Å²) >= 11 is 0. The van der Waals surface area contributed by atoms with E-state index in [9.17, 15) is 4.79 Å². The van der Waals surface area contributed by atoms with Crippen LogP contribution in [-0.2, 0) is 4.79 Å². The number of hydrogen-bond donors (Lipinski definition) is 0. The highest BCUT2D eigenvalue weighted by molar-refractivity contribution is 5.63. The number of carbonyl (C=O) groups excluding carboxylic acids is 1. The summed E-state index contributed by atoms with van der Waals surface area (Å²) in [5.41, 5.74) is 0.252. The van der Waals surface area contributed by atoms with Gasteiger partial charge in [-0.15, -0.1) is 0 Å². The maximum atomic E-state index is 10.1. The molecular formula is C8H8N2O3. The molecule has 1 rings (SSSR count). The van der Waals surface area contributed by atoms with Crippen LogP contribution in [0.15, 0.2) is 17.3 Å². The first-order valence-corrected chi connectivity index (χ1v) is 3.48. The van der Waals surface area contributed by atoms with Gasteiger partial charge in [0.2, 0.25) is 12.0 Å². The van der Waals surface area contributed by atoms with Crippen molar-refractivity contribution in [1.29, 1.82) is 0 Å². The lowest BCUT2D eigenvalue weighted by molar-refractivity contribution is 0.385. The van der Waals surface area contributed by atoms with Gasteiger partial charge in [0.25, 0.3) is 0 Å². The molecule has 0 N–H and O–H groups in total. The zero-order valence-corrected chi connectivity index (χ0v) is 7.27. The number of hydrogen-bond acceptors (Lipinski definition) is 5. The highest BCUT2D eigenvalue weighted by atomic mass is 16.5. The van der Waals surface area contributed by atoms with Crippen LogP contribution in [-0.4, -0.2) is 25.3 Å². The van der Waals surface area contributed by atoms with Crippen LogP contribution in [0.25, 0.3) is 0 Å².